The fraction of sp³-hybridized carbons (Fsp3) is 0.353. The Morgan fingerprint density at radius 3 is 2.93 bits per heavy atom. The Morgan fingerprint density at radius 1 is 1.41 bits per heavy atom. The predicted molar refractivity (Wildman–Crippen MR) is 105 cm³/mol. The van der Waals surface area contributed by atoms with Gasteiger partial charge in [-0.05, 0) is 40.4 Å². The molecule has 4 aromatic heterocycles. The van der Waals surface area contributed by atoms with E-state index in [4.69, 9.17) is 0 Å². The van der Waals surface area contributed by atoms with Crippen LogP contribution < -0.4 is 5.56 Å². The summed E-state index contributed by atoms with van der Waals surface area (Å²) in [6.07, 6.45) is 4.07. The highest BCUT2D eigenvalue weighted by Gasteiger charge is 2.53. The lowest BCUT2D eigenvalue weighted by atomic mass is 10.1. The summed E-state index contributed by atoms with van der Waals surface area (Å²) in [5, 5.41) is 19.1. The molecule has 1 saturated carbocycles. The van der Waals surface area contributed by atoms with Gasteiger partial charge in [-0.3, -0.25) is 4.79 Å². The van der Waals surface area contributed by atoms with Crippen molar-refractivity contribution < 1.29 is 10.2 Å². The number of aromatic amines is 1. The number of aromatic nitrogens is 5. The second-order valence-electron chi connectivity index (χ2n) is 7.03. The fourth-order valence-corrected chi connectivity index (χ4v) is 5.02. The van der Waals surface area contributed by atoms with E-state index in [-0.39, 0.29) is 30.1 Å². The second kappa shape index (κ2) is 5.99. The van der Waals surface area contributed by atoms with Gasteiger partial charge in [-0.2, -0.15) is 4.98 Å². The smallest absolute Gasteiger partial charge is 0.287 e. The molecule has 0 spiro atoms. The highest BCUT2D eigenvalue weighted by Crippen LogP contribution is 2.53. The summed E-state index contributed by atoms with van der Waals surface area (Å²) in [5.41, 5.74) is 0.986. The van der Waals surface area contributed by atoms with E-state index in [2.05, 4.69) is 30.9 Å². The van der Waals surface area contributed by atoms with Gasteiger partial charge in [0.2, 0.25) is 5.78 Å². The van der Waals surface area contributed by atoms with E-state index in [1.807, 2.05) is 12.1 Å². The van der Waals surface area contributed by atoms with E-state index >= 15 is 0 Å². The highest BCUT2D eigenvalue weighted by molar-refractivity contribution is 9.11. The van der Waals surface area contributed by atoms with Gasteiger partial charge >= 0.3 is 0 Å². The molecular formula is C17H16BrN5O3S. The van der Waals surface area contributed by atoms with E-state index in [1.165, 1.54) is 4.40 Å². The molecule has 4 heterocycles. The van der Waals surface area contributed by atoms with Crippen molar-refractivity contribution >= 4 is 44.2 Å². The lowest BCUT2D eigenvalue weighted by Crippen LogP contribution is -2.20. The molecule has 0 amide bonds. The number of hydrogen-bond acceptors (Lipinski definition) is 6. The van der Waals surface area contributed by atoms with Crippen LogP contribution in [0.5, 0.6) is 0 Å². The van der Waals surface area contributed by atoms with E-state index in [0.717, 1.165) is 20.8 Å². The van der Waals surface area contributed by atoms with Gasteiger partial charge in [-0.1, -0.05) is 0 Å². The minimum Gasteiger partial charge on any atom is -0.396 e. The molecule has 1 fully saturated rings. The largest absolute Gasteiger partial charge is 0.396 e. The standard InChI is InChI=1S/C17H16BrN5O3S/c18-12-2-1-11(27-12)10-4-23-15(26)13-14(21-16(23)20-10)22(8-19-13)6-17(7-25)3-9(17)5-24/h1-2,4,8-9,24-25H,3,5-7H2,(H,20,21)/t9-,17-/m1/s1. The first-order chi connectivity index (χ1) is 13.0. The summed E-state index contributed by atoms with van der Waals surface area (Å²) in [5.74, 6) is 0.514. The number of rotatable bonds is 5. The van der Waals surface area contributed by atoms with Crippen molar-refractivity contribution in [3.05, 3.63) is 38.8 Å². The third-order valence-electron chi connectivity index (χ3n) is 5.39. The highest BCUT2D eigenvalue weighted by atomic mass is 79.9. The first kappa shape index (κ1) is 17.1. The van der Waals surface area contributed by atoms with Crippen molar-refractivity contribution in [2.24, 2.45) is 11.3 Å². The van der Waals surface area contributed by atoms with Crippen LogP contribution in [-0.4, -0.2) is 47.3 Å². The topological polar surface area (TPSA) is 108 Å². The van der Waals surface area contributed by atoms with Crippen LogP contribution in [0.1, 0.15) is 6.42 Å². The number of nitrogens with one attached hydrogen (secondary N) is 1. The summed E-state index contributed by atoms with van der Waals surface area (Å²) < 4.78 is 4.27. The summed E-state index contributed by atoms with van der Waals surface area (Å²) in [7, 11) is 0. The van der Waals surface area contributed by atoms with Crippen LogP contribution in [0.15, 0.2) is 33.2 Å². The molecule has 140 valence electrons. The van der Waals surface area contributed by atoms with Crippen LogP contribution in [0.3, 0.4) is 0 Å². The van der Waals surface area contributed by atoms with Crippen molar-refractivity contribution in [1.82, 2.24) is 23.9 Å². The second-order valence-corrected chi connectivity index (χ2v) is 9.49. The number of nitrogens with zero attached hydrogens (tertiary/aromatic N) is 4. The molecule has 10 heteroatoms. The third kappa shape index (κ3) is 2.59. The molecule has 2 atom stereocenters. The molecule has 1 aliphatic carbocycles. The number of H-pyrrole nitrogens is 1. The van der Waals surface area contributed by atoms with Crippen molar-refractivity contribution in [2.45, 2.75) is 13.0 Å². The zero-order valence-electron chi connectivity index (χ0n) is 14.1. The van der Waals surface area contributed by atoms with Crippen LogP contribution in [-0.2, 0) is 6.54 Å². The number of aliphatic hydroxyl groups is 2. The monoisotopic (exact) mass is 449 g/mol. The number of fused-ring (bicyclic) bond motifs is 2. The average Bonchev–Trinajstić information content (AvgIpc) is 3.03. The minimum absolute atomic E-state index is 0.0148. The van der Waals surface area contributed by atoms with Crippen LogP contribution in [0, 0.1) is 11.3 Å². The van der Waals surface area contributed by atoms with Gasteiger partial charge in [0.15, 0.2) is 11.2 Å². The lowest BCUT2D eigenvalue weighted by Gasteiger charge is -2.14. The molecule has 0 aliphatic heterocycles. The van der Waals surface area contributed by atoms with Crippen LogP contribution >= 0.6 is 27.3 Å². The maximum atomic E-state index is 12.9. The van der Waals surface area contributed by atoms with Crippen LogP contribution in [0.25, 0.3) is 27.5 Å². The number of aliphatic hydroxyl groups excluding tert-OH is 2. The number of halogens is 1. The Hall–Kier alpha value is -2.01. The molecule has 8 nitrogen and oxygen atoms in total. The predicted octanol–water partition coefficient (Wildman–Crippen LogP) is 1.85. The molecule has 3 N–H and O–H groups in total. The Balaban J connectivity index is 1.62. The van der Waals surface area contributed by atoms with Crippen LogP contribution in [0.4, 0.5) is 0 Å². The zero-order valence-corrected chi connectivity index (χ0v) is 16.5. The summed E-state index contributed by atoms with van der Waals surface area (Å²) >= 11 is 5.01. The van der Waals surface area contributed by atoms with Crippen molar-refractivity contribution in [3.63, 3.8) is 0 Å². The van der Waals surface area contributed by atoms with Crippen molar-refractivity contribution in [2.75, 3.05) is 13.2 Å². The van der Waals surface area contributed by atoms with E-state index in [1.54, 1.807) is 28.4 Å². The van der Waals surface area contributed by atoms with Gasteiger partial charge in [0.25, 0.3) is 5.56 Å². The van der Waals surface area contributed by atoms with Gasteiger partial charge in [-0.15, -0.1) is 11.3 Å². The van der Waals surface area contributed by atoms with E-state index < -0.39 is 0 Å². The minimum atomic E-state index is -0.362. The average molecular weight is 450 g/mol. The lowest BCUT2D eigenvalue weighted by molar-refractivity contribution is 0.159. The SMILES string of the molecule is O=c1c2ncn(C[C@@]3(CO)C[C@@H]3CO)c2nc2[nH]c(-c3ccc(Br)s3)cn12. The molecule has 0 radical (unpaired) electrons. The molecular weight excluding hydrogens is 434 g/mol. The number of hydrogen-bond donors (Lipinski definition) is 3. The van der Waals surface area contributed by atoms with Crippen molar-refractivity contribution in [1.29, 1.82) is 0 Å². The Labute approximate surface area is 165 Å². The summed E-state index contributed by atoms with van der Waals surface area (Å²) in [6, 6.07) is 3.92. The molecule has 4 aromatic rings. The first-order valence-electron chi connectivity index (χ1n) is 8.48. The quantitative estimate of drug-likeness (QED) is 0.430. The van der Waals surface area contributed by atoms with Gasteiger partial charge in [0, 0.05) is 24.8 Å². The number of thiophene rings is 1. The Morgan fingerprint density at radius 2 is 2.26 bits per heavy atom. The zero-order chi connectivity index (χ0) is 18.8. The summed E-state index contributed by atoms with van der Waals surface area (Å²) in [4.78, 5) is 25.9. The fourth-order valence-electron chi connectivity index (χ4n) is 3.66. The van der Waals surface area contributed by atoms with Gasteiger partial charge in [0.05, 0.1) is 27.3 Å². The normalized spacial score (nSPS) is 22.1. The Bertz CT molecular complexity index is 1220. The van der Waals surface area contributed by atoms with Crippen LogP contribution in [0.2, 0.25) is 0 Å². The molecule has 0 aromatic carbocycles. The molecule has 0 unspecified atom stereocenters. The molecule has 0 bridgehead atoms. The maximum Gasteiger partial charge on any atom is 0.287 e. The maximum absolute atomic E-state index is 12.9. The van der Waals surface area contributed by atoms with Gasteiger partial charge in [-0.25, -0.2) is 9.38 Å². The van der Waals surface area contributed by atoms with Gasteiger partial charge in [0.1, 0.15) is 0 Å². The van der Waals surface area contributed by atoms with Crippen molar-refractivity contribution in [3.8, 4) is 10.6 Å². The molecule has 0 saturated heterocycles. The molecule has 1 aliphatic rings. The molecule has 27 heavy (non-hydrogen) atoms. The van der Waals surface area contributed by atoms with E-state index in [9.17, 15) is 15.0 Å². The number of imidazole rings is 2. The summed E-state index contributed by atoms with van der Waals surface area (Å²) in [6.45, 7) is 0.502. The third-order valence-corrected chi connectivity index (χ3v) is 7.05. The molecule has 5 rings (SSSR count). The Kier molecular flexibility index (Phi) is 3.80. The van der Waals surface area contributed by atoms with Gasteiger partial charge < -0.3 is 19.8 Å². The van der Waals surface area contributed by atoms with E-state index in [0.29, 0.717) is 23.5 Å². The first-order valence-corrected chi connectivity index (χ1v) is 10.1.